The maximum Gasteiger partial charge on any atom is 0.191 e. The van der Waals surface area contributed by atoms with Crippen molar-refractivity contribution in [1.82, 2.24) is 10.6 Å². The number of nitrogens with zero attached hydrogens (tertiary/aromatic N) is 1. The van der Waals surface area contributed by atoms with Crippen LogP contribution in [0.4, 0.5) is 0 Å². The second-order valence-electron chi connectivity index (χ2n) is 6.01. The number of guanidine groups is 1. The van der Waals surface area contributed by atoms with Gasteiger partial charge in [-0.05, 0) is 24.4 Å². The Hall–Kier alpha value is -2.41. The molecule has 1 aromatic carbocycles. The van der Waals surface area contributed by atoms with Crippen molar-refractivity contribution in [2.75, 3.05) is 34.4 Å². The Morgan fingerprint density at radius 3 is 2.37 bits per heavy atom. The molecule has 2 rings (SSSR count). The van der Waals surface area contributed by atoms with Crippen LogP contribution in [0, 0.1) is 0 Å². The van der Waals surface area contributed by atoms with Crippen LogP contribution in [0.2, 0.25) is 0 Å². The van der Waals surface area contributed by atoms with Crippen LogP contribution >= 0.6 is 11.3 Å². The molecule has 2 aromatic rings. The molecule has 0 saturated carbocycles. The van der Waals surface area contributed by atoms with E-state index in [1.807, 2.05) is 12.1 Å². The van der Waals surface area contributed by atoms with Crippen molar-refractivity contribution in [3.05, 3.63) is 40.1 Å². The third kappa shape index (κ3) is 5.79. The monoisotopic (exact) mass is 391 g/mol. The summed E-state index contributed by atoms with van der Waals surface area (Å²) in [5, 5.41) is 8.81. The van der Waals surface area contributed by atoms with Crippen molar-refractivity contribution in [3.63, 3.8) is 0 Å². The number of aliphatic imine (C=N–C) groups is 1. The number of ether oxygens (including phenoxy) is 3. The summed E-state index contributed by atoms with van der Waals surface area (Å²) < 4.78 is 16.2. The lowest BCUT2D eigenvalue weighted by Crippen LogP contribution is -2.39. The Labute approximate surface area is 165 Å². The van der Waals surface area contributed by atoms with Crippen LogP contribution in [0.3, 0.4) is 0 Å². The minimum atomic E-state index is 0.421. The van der Waals surface area contributed by atoms with Crippen molar-refractivity contribution >= 4 is 17.3 Å². The zero-order valence-corrected chi connectivity index (χ0v) is 17.5. The highest BCUT2D eigenvalue weighted by molar-refractivity contribution is 7.10. The van der Waals surface area contributed by atoms with E-state index in [9.17, 15) is 0 Å². The molecule has 0 spiro atoms. The van der Waals surface area contributed by atoms with Gasteiger partial charge in [-0.2, -0.15) is 0 Å². The van der Waals surface area contributed by atoms with E-state index >= 15 is 0 Å². The number of thiophene rings is 1. The van der Waals surface area contributed by atoms with Gasteiger partial charge in [0.1, 0.15) is 5.75 Å². The molecule has 0 radical (unpaired) electrons. The summed E-state index contributed by atoms with van der Waals surface area (Å²) in [5.41, 5.74) is 0.929. The van der Waals surface area contributed by atoms with Gasteiger partial charge in [0.15, 0.2) is 17.5 Å². The summed E-state index contributed by atoms with van der Waals surface area (Å²) in [4.78, 5) is 6.06. The van der Waals surface area contributed by atoms with Crippen LogP contribution in [-0.2, 0) is 6.54 Å². The third-order valence-corrected chi connectivity index (χ3v) is 5.25. The zero-order chi connectivity index (χ0) is 19.6. The fraction of sp³-hybridized carbons (Fsp3) is 0.450. The number of nitrogens with one attached hydrogen (secondary N) is 2. The fourth-order valence-corrected chi connectivity index (χ4v) is 3.43. The summed E-state index contributed by atoms with van der Waals surface area (Å²) in [7, 11) is 4.87. The molecule has 0 saturated heterocycles. The van der Waals surface area contributed by atoms with E-state index in [1.165, 1.54) is 4.88 Å². The number of hydrogen-bond donors (Lipinski definition) is 2. The van der Waals surface area contributed by atoms with Crippen LogP contribution in [0.5, 0.6) is 17.2 Å². The summed E-state index contributed by atoms with van der Waals surface area (Å²) in [6.07, 6.45) is 0. The van der Waals surface area contributed by atoms with Gasteiger partial charge in [-0.3, -0.25) is 0 Å². The van der Waals surface area contributed by atoms with Crippen LogP contribution in [0.25, 0.3) is 0 Å². The Morgan fingerprint density at radius 2 is 1.78 bits per heavy atom. The molecule has 1 aromatic heterocycles. The maximum atomic E-state index is 5.48. The van der Waals surface area contributed by atoms with Gasteiger partial charge in [-0.25, -0.2) is 4.99 Å². The molecule has 1 atom stereocenters. The first-order valence-corrected chi connectivity index (χ1v) is 9.85. The first-order chi connectivity index (χ1) is 13.1. The molecular weight excluding hydrogens is 362 g/mol. The zero-order valence-electron chi connectivity index (χ0n) is 16.7. The van der Waals surface area contributed by atoms with Gasteiger partial charge in [-0.1, -0.05) is 13.0 Å². The first kappa shape index (κ1) is 20.9. The van der Waals surface area contributed by atoms with Crippen molar-refractivity contribution in [2.24, 2.45) is 4.99 Å². The van der Waals surface area contributed by atoms with Crippen LogP contribution in [0.15, 0.2) is 34.6 Å². The molecule has 0 amide bonds. The molecule has 6 nitrogen and oxygen atoms in total. The molecule has 0 fully saturated rings. The molecule has 7 heteroatoms. The largest absolute Gasteiger partial charge is 0.496 e. The van der Waals surface area contributed by atoms with E-state index in [0.29, 0.717) is 24.0 Å². The van der Waals surface area contributed by atoms with Gasteiger partial charge in [0.2, 0.25) is 0 Å². The van der Waals surface area contributed by atoms with Crippen molar-refractivity contribution in [1.29, 1.82) is 0 Å². The average molecular weight is 392 g/mol. The minimum absolute atomic E-state index is 0.421. The normalized spacial score (nSPS) is 12.4. The summed E-state index contributed by atoms with van der Waals surface area (Å²) in [5.74, 6) is 3.21. The van der Waals surface area contributed by atoms with E-state index in [2.05, 4.69) is 42.0 Å². The lowest BCUT2D eigenvalue weighted by Gasteiger charge is -2.16. The minimum Gasteiger partial charge on any atom is -0.496 e. The molecule has 0 aliphatic heterocycles. The van der Waals surface area contributed by atoms with Crippen molar-refractivity contribution in [3.8, 4) is 17.2 Å². The molecule has 1 unspecified atom stereocenters. The fourth-order valence-electron chi connectivity index (χ4n) is 2.64. The predicted molar refractivity (Wildman–Crippen MR) is 112 cm³/mol. The van der Waals surface area contributed by atoms with Gasteiger partial charge < -0.3 is 24.8 Å². The Balaban J connectivity index is 2.11. The summed E-state index contributed by atoms with van der Waals surface area (Å²) in [6, 6.07) is 7.97. The molecule has 0 aliphatic rings. The van der Waals surface area contributed by atoms with Crippen LogP contribution in [-0.4, -0.2) is 40.4 Å². The number of methoxy groups -OCH3 is 3. The predicted octanol–water partition coefficient (Wildman–Crippen LogP) is 3.63. The molecule has 148 valence electrons. The van der Waals surface area contributed by atoms with E-state index in [0.717, 1.165) is 30.4 Å². The summed E-state index contributed by atoms with van der Waals surface area (Å²) in [6.45, 7) is 6.33. The highest BCUT2D eigenvalue weighted by atomic mass is 32.1. The highest BCUT2D eigenvalue weighted by Crippen LogP contribution is 2.34. The lowest BCUT2D eigenvalue weighted by atomic mass is 10.1. The Bertz CT molecular complexity index is 732. The standard InChI is InChI=1S/C20H29N3O3S/c1-6-21-20(22-12-14(2)19-8-7-9-27-19)23-13-15-10-17(25-4)18(26-5)11-16(15)24-3/h7-11,14H,6,12-13H2,1-5H3,(H2,21,22,23). The van der Waals surface area contributed by atoms with Gasteiger partial charge in [0.25, 0.3) is 0 Å². The SMILES string of the molecule is CCNC(=NCc1cc(OC)c(OC)cc1OC)NCC(C)c1cccs1. The van der Waals surface area contributed by atoms with Crippen LogP contribution in [0.1, 0.15) is 30.2 Å². The molecule has 0 aliphatic carbocycles. The van der Waals surface area contributed by atoms with Gasteiger partial charge in [0, 0.05) is 35.5 Å². The molecule has 2 N–H and O–H groups in total. The molecule has 0 bridgehead atoms. The smallest absolute Gasteiger partial charge is 0.191 e. The maximum absolute atomic E-state index is 5.48. The van der Waals surface area contributed by atoms with E-state index < -0.39 is 0 Å². The van der Waals surface area contributed by atoms with Crippen LogP contribution < -0.4 is 24.8 Å². The topological polar surface area (TPSA) is 64.1 Å². The molecule has 1 heterocycles. The van der Waals surface area contributed by atoms with Gasteiger partial charge in [-0.15, -0.1) is 11.3 Å². The molecule has 27 heavy (non-hydrogen) atoms. The number of rotatable bonds is 9. The van der Waals surface area contributed by atoms with E-state index in [4.69, 9.17) is 19.2 Å². The van der Waals surface area contributed by atoms with Gasteiger partial charge in [0.05, 0.1) is 27.9 Å². The number of hydrogen-bond acceptors (Lipinski definition) is 5. The van der Waals surface area contributed by atoms with Crippen molar-refractivity contribution in [2.45, 2.75) is 26.3 Å². The quantitative estimate of drug-likeness (QED) is 0.505. The van der Waals surface area contributed by atoms with E-state index in [-0.39, 0.29) is 0 Å². The van der Waals surface area contributed by atoms with E-state index in [1.54, 1.807) is 32.7 Å². The highest BCUT2D eigenvalue weighted by Gasteiger charge is 2.12. The summed E-state index contributed by atoms with van der Waals surface area (Å²) >= 11 is 1.78. The average Bonchev–Trinajstić information content (AvgIpc) is 3.24. The Kier molecular flexibility index (Phi) is 8.26. The van der Waals surface area contributed by atoms with Gasteiger partial charge >= 0.3 is 0 Å². The number of benzene rings is 1. The lowest BCUT2D eigenvalue weighted by molar-refractivity contribution is 0.347. The second-order valence-corrected chi connectivity index (χ2v) is 6.99. The third-order valence-electron chi connectivity index (χ3n) is 4.14. The first-order valence-electron chi connectivity index (χ1n) is 8.97. The molecular formula is C20H29N3O3S. The second kappa shape index (κ2) is 10.7. The Morgan fingerprint density at radius 1 is 1.07 bits per heavy atom. The van der Waals surface area contributed by atoms with Crippen molar-refractivity contribution < 1.29 is 14.2 Å².